The summed E-state index contributed by atoms with van der Waals surface area (Å²) < 4.78 is 5.34. The molecule has 5 nitrogen and oxygen atoms in total. The smallest absolute Gasteiger partial charge is 0.335 e. The summed E-state index contributed by atoms with van der Waals surface area (Å²) in [5, 5.41) is 12.0. The third kappa shape index (κ3) is 4.72. The summed E-state index contributed by atoms with van der Waals surface area (Å²) >= 11 is 6.09. The molecule has 0 atom stereocenters. The molecule has 2 aromatic carbocycles. The zero-order valence-electron chi connectivity index (χ0n) is 12.5. The molecule has 120 valence electrons. The highest BCUT2D eigenvalue weighted by molar-refractivity contribution is 6.32. The number of benzene rings is 2. The number of carbonyl (C=O) groups excluding carboxylic acids is 1. The van der Waals surface area contributed by atoms with Gasteiger partial charge in [0.25, 0.3) is 0 Å². The van der Waals surface area contributed by atoms with Crippen LogP contribution in [0.5, 0.6) is 5.75 Å². The van der Waals surface area contributed by atoms with E-state index in [2.05, 4.69) is 5.32 Å². The molecular weight excluding hydrogens is 318 g/mol. The highest BCUT2D eigenvalue weighted by Gasteiger charge is 2.08. The molecule has 6 heteroatoms. The Morgan fingerprint density at radius 3 is 2.43 bits per heavy atom. The van der Waals surface area contributed by atoms with Crippen molar-refractivity contribution in [2.45, 2.75) is 13.3 Å². The van der Waals surface area contributed by atoms with E-state index >= 15 is 0 Å². The van der Waals surface area contributed by atoms with E-state index in [1.54, 1.807) is 30.3 Å². The maximum absolute atomic E-state index is 12.0. The summed E-state index contributed by atoms with van der Waals surface area (Å²) in [5.41, 5.74) is 1.47. The lowest BCUT2D eigenvalue weighted by Crippen LogP contribution is -2.14. The van der Waals surface area contributed by atoms with Gasteiger partial charge in [0.05, 0.1) is 23.6 Å². The highest BCUT2D eigenvalue weighted by Crippen LogP contribution is 2.25. The van der Waals surface area contributed by atoms with Crippen LogP contribution in [0.4, 0.5) is 5.69 Å². The molecule has 0 bridgehead atoms. The van der Waals surface area contributed by atoms with E-state index in [1.165, 1.54) is 12.1 Å². The van der Waals surface area contributed by atoms with Gasteiger partial charge in [0.2, 0.25) is 5.91 Å². The maximum atomic E-state index is 12.0. The number of aromatic carboxylic acids is 1. The second-order valence-corrected chi connectivity index (χ2v) is 5.21. The van der Waals surface area contributed by atoms with Crippen LogP contribution in [0.2, 0.25) is 5.02 Å². The summed E-state index contributed by atoms with van der Waals surface area (Å²) in [5.74, 6) is -0.636. The molecule has 2 rings (SSSR count). The van der Waals surface area contributed by atoms with Gasteiger partial charge in [0, 0.05) is 5.69 Å². The third-order valence-electron chi connectivity index (χ3n) is 3.08. The Morgan fingerprint density at radius 1 is 1.17 bits per heavy atom. The quantitative estimate of drug-likeness (QED) is 0.846. The molecule has 1 amide bonds. The minimum Gasteiger partial charge on any atom is -0.492 e. The standard InChI is InChI=1S/C17H16ClNO4/c1-2-23-15-8-3-11(9-14(15)18)10-16(20)19-13-6-4-12(5-7-13)17(21)22/h3-9H,2,10H2,1H3,(H,19,20)(H,21,22). The van der Waals surface area contributed by atoms with Crippen molar-refractivity contribution in [3.05, 3.63) is 58.6 Å². The largest absolute Gasteiger partial charge is 0.492 e. The summed E-state index contributed by atoms with van der Waals surface area (Å²) in [6.07, 6.45) is 0.160. The van der Waals surface area contributed by atoms with Gasteiger partial charge in [-0.3, -0.25) is 4.79 Å². The Hall–Kier alpha value is -2.53. The zero-order valence-corrected chi connectivity index (χ0v) is 13.3. The van der Waals surface area contributed by atoms with Crippen LogP contribution in [0.3, 0.4) is 0 Å². The zero-order chi connectivity index (χ0) is 16.8. The summed E-state index contributed by atoms with van der Waals surface area (Å²) in [6.45, 7) is 2.39. The molecule has 23 heavy (non-hydrogen) atoms. The molecule has 0 spiro atoms. The first-order valence-corrected chi connectivity index (χ1v) is 7.42. The first-order chi connectivity index (χ1) is 11.0. The van der Waals surface area contributed by atoms with Gasteiger partial charge in [-0.1, -0.05) is 17.7 Å². The number of halogens is 1. The average Bonchev–Trinajstić information content (AvgIpc) is 2.50. The fourth-order valence-corrected chi connectivity index (χ4v) is 2.27. The first-order valence-electron chi connectivity index (χ1n) is 7.04. The Bertz CT molecular complexity index is 713. The topological polar surface area (TPSA) is 75.6 Å². The van der Waals surface area contributed by atoms with Crippen molar-refractivity contribution < 1.29 is 19.4 Å². The minimum atomic E-state index is -1.01. The highest BCUT2D eigenvalue weighted by atomic mass is 35.5. The number of anilines is 1. The second kappa shape index (κ2) is 7.65. The van der Waals surface area contributed by atoms with Crippen LogP contribution < -0.4 is 10.1 Å². The molecule has 0 heterocycles. The number of nitrogens with one attached hydrogen (secondary N) is 1. The molecule has 2 aromatic rings. The molecule has 0 aliphatic rings. The molecule has 2 N–H and O–H groups in total. The SMILES string of the molecule is CCOc1ccc(CC(=O)Nc2ccc(C(=O)O)cc2)cc1Cl. The van der Waals surface area contributed by atoms with Crippen molar-refractivity contribution >= 4 is 29.2 Å². The molecule has 0 unspecified atom stereocenters. The van der Waals surface area contributed by atoms with Gasteiger partial charge in [-0.15, -0.1) is 0 Å². The van der Waals surface area contributed by atoms with Gasteiger partial charge in [-0.2, -0.15) is 0 Å². The molecule has 0 saturated carbocycles. The maximum Gasteiger partial charge on any atom is 0.335 e. The van der Waals surface area contributed by atoms with Gasteiger partial charge >= 0.3 is 5.97 Å². The summed E-state index contributed by atoms with van der Waals surface area (Å²) in [7, 11) is 0. The third-order valence-corrected chi connectivity index (χ3v) is 3.37. The predicted molar refractivity (Wildman–Crippen MR) is 88.4 cm³/mol. The number of carbonyl (C=O) groups is 2. The van der Waals surface area contributed by atoms with E-state index in [-0.39, 0.29) is 17.9 Å². The normalized spacial score (nSPS) is 10.2. The van der Waals surface area contributed by atoms with E-state index in [0.717, 1.165) is 5.56 Å². The van der Waals surface area contributed by atoms with Gasteiger partial charge in [0.1, 0.15) is 5.75 Å². The van der Waals surface area contributed by atoms with Crippen molar-refractivity contribution in [3.8, 4) is 5.75 Å². The number of rotatable bonds is 6. The minimum absolute atomic E-state index is 0.160. The van der Waals surface area contributed by atoms with Gasteiger partial charge in [-0.25, -0.2) is 4.79 Å². The van der Waals surface area contributed by atoms with Gasteiger partial charge in [0.15, 0.2) is 0 Å². The lowest BCUT2D eigenvalue weighted by molar-refractivity contribution is -0.115. The molecule has 0 radical (unpaired) electrons. The lowest BCUT2D eigenvalue weighted by Gasteiger charge is -2.09. The number of amides is 1. The summed E-state index contributed by atoms with van der Waals surface area (Å²) in [4.78, 5) is 22.8. The monoisotopic (exact) mass is 333 g/mol. The molecule has 0 aliphatic carbocycles. The first kappa shape index (κ1) is 16.8. The van der Waals surface area contributed by atoms with Crippen molar-refractivity contribution in [2.24, 2.45) is 0 Å². The van der Waals surface area contributed by atoms with Crippen molar-refractivity contribution in [3.63, 3.8) is 0 Å². The van der Waals surface area contributed by atoms with Gasteiger partial charge < -0.3 is 15.2 Å². The van der Waals surface area contributed by atoms with Crippen LogP contribution in [0.25, 0.3) is 0 Å². The van der Waals surface area contributed by atoms with E-state index in [1.807, 2.05) is 6.92 Å². The van der Waals surface area contributed by atoms with Crippen molar-refractivity contribution in [1.82, 2.24) is 0 Å². The van der Waals surface area contributed by atoms with Crippen LogP contribution in [0.15, 0.2) is 42.5 Å². The van der Waals surface area contributed by atoms with E-state index in [0.29, 0.717) is 23.1 Å². The Balaban J connectivity index is 1.99. The van der Waals surface area contributed by atoms with E-state index in [9.17, 15) is 9.59 Å². The number of hydrogen-bond donors (Lipinski definition) is 2. The van der Waals surface area contributed by atoms with Crippen molar-refractivity contribution in [2.75, 3.05) is 11.9 Å². The molecule has 0 saturated heterocycles. The fourth-order valence-electron chi connectivity index (χ4n) is 2.01. The Labute approximate surface area is 138 Å². The number of ether oxygens (including phenoxy) is 1. The van der Waals surface area contributed by atoms with Crippen molar-refractivity contribution in [1.29, 1.82) is 0 Å². The van der Waals surface area contributed by atoms with E-state index in [4.69, 9.17) is 21.4 Å². The van der Waals surface area contributed by atoms with Gasteiger partial charge in [-0.05, 0) is 48.9 Å². The number of carboxylic acid groups (broad SMARTS) is 1. The van der Waals surface area contributed by atoms with Crippen LogP contribution in [-0.4, -0.2) is 23.6 Å². The van der Waals surface area contributed by atoms with Crippen LogP contribution in [-0.2, 0) is 11.2 Å². The molecule has 0 aromatic heterocycles. The second-order valence-electron chi connectivity index (χ2n) is 4.81. The Morgan fingerprint density at radius 2 is 1.87 bits per heavy atom. The fraction of sp³-hybridized carbons (Fsp3) is 0.176. The van der Waals surface area contributed by atoms with E-state index < -0.39 is 5.97 Å². The predicted octanol–water partition coefficient (Wildman–Crippen LogP) is 3.62. The summed E-state index contributed by atoms with van der Waals surface area (Å²) in [6, 6.07) is 11.2. The molecule has 0 fully saturated rings. The average molecular weight is 334 g/mol. The lowest BCUT2D eigenvalue weighted by atomic mass is 10.1. The number of carboxylic acids is 1. The van der Waals surface area contributed by atoms with Crippen LogP contribution in [0, 0.1) is 0 Å². The Kier molecular flexibility index (Phi) is 5.60. The molecule has 0 aliphatic heterocycles. The number of hydrogen-bond acceptors (Lipinski definition) is 3. The molecular formula is C17H16ClNO4. The van der Waals surface area contributed by atoms with Crippen LogP contribution >= 0.6 is 11.6 Å². The van der Waals surface area contributed by atoms with Crippen LogP contribution in [0.1, 0.15) is 22.8 Å².